The van der Waals surface area contributed by atoms with Crippen molar-refractivity contribution < 1.29 is 19.2 Å². The summed E-state index contributed by atoms with van der Waals surface area (Å²) in [6.07, 6.45) is 2.24. The van der Waals surface area contributed by atoms with Gasteiger partial charge in [0.2, 0.25) is 11.8 Å². The average molecular weight is 324 g/mol. The monoisotopic (exact) mass is 324 g/mol. The van der Waals surface area contributed by atoms with Crippen LogP contribution in [-0.4, -0.2) is 34.9 Å². The maximum Gasteiger partial charge on any atom is 0.255 e. The second-order valence-electron chi connectivity index (χ2n) is 5.74. The van der Waals surface area contributed by atoms with Gasteiger partial charge in [0.25, 0.3) is 5.91 Å². The third-order valence-corrected chi connectivity index (χ3v) is 4.19. The number of hydrogen-bond acceptors (Lipinski definition) is 4. The number of nitrogens with zero attached hydrogens (tertiary/aromatic N) is 1. The highest BCUT2D eigenvalue weighted by Crippen LogP contribution is 2.29. The molecule has 122 valence electrons. The van der Waals surface area contributed by atoms with Crippen LogP contribution in [0.25, 0.3) is 0 Å². The number of aldehydes is 1. The number of imide groups is 1. The van der Waals surface area contributed by atoms with Gasteiger partial charge in [-0.25, -0.2) is 0 Å². The van der Waals surface area contributed by atoms with E-state index in [0.29, 0.717) is 31.4 Å². The van der Waals surface area contributed by atoms with E-state index in [2.05, 4.69) is 17.2 Å². The first kappa shape index (κ1) is 15.9. The second-order valence-corrected chi connectivity index (χ2v) is 5.74. The normalized spacial score (nSPS) is 19.4. The molecule has 0 aromatic heterocycles. The summed E-state index contributed by atoms with van der Waals surface area (Å²) in [5, 5.41) is 2.28. The number of carbonyl (C=O) groups excluding carboxylic acids is 4. The number of rotatable bonds is 3. The lowest BCUT2D eigenvalue weighted by molar-refractivity contribution is -0.136. The van der Waals surface area contributed by atoms with Crippen molar-refractivity contribution in [1.82, 2.24) is 10.2 Å². The number of unbranched alkanes of at least 4 members (excludes halogenated alkanes) is 1. The van der Waals surface area contributed by atoms with Crippen LogP contribution in [0, 0.1) is 11.8 Å². The van der Waals surface area contributed by atoms with Gasteiger partial charge in [-0.2, -0.15) is 0 Å². The summed E-state index contributed by atoms with van der Waals surface area (Å²) in [6.45, 7) is 0.305. The fourth-order valence-corrected chi connectivity index (χ4v) is 2.99. The van der Waals surface area contributed by atoms with Crippen LogP contribution < -0.4 is 5.32 Å². The first-order chi connectivity index (χ1) is 11.6. The molecule has 0 aliphatic carbocycles. The lowest BCUT2D eigenvalue weighted by atomic mass is 10.0. The van der Waals surface area contributed by atoms with Gasteiger partial charge in [0.1, 0.15) is 12.3 Å². The standard InChI is InChI=1S/C18H16N2O4/c21-10-3-1-2-5-12-6-4-7-13-14(12)11-20(18(13)24)15-8-9-16(22)19-17(15)23/h4,6-7,10,15H,1,3,8-9,11H2,(H,19,22,23). The van der Waals surface area contributed by atoms with Crippen LogP contribution in [0.5, 0.6) is 0 Å². The quantitative estimate of drug-likeness (QED) is 0.385. The van der Waals surface area contributed by atoms with Gasteiger partial charge >= 0.3 is 0 Å². The van der Waals surface area contributed by atoms with Gasteiger partial charge in [-0.1, -0.05) is 17.9 Å². The molecular weight excluding hydrogens is 308 g/mol. The Balaban J connectivity index is 1.84. The van der Waals surface area contributed by atoms with E-state index in [1.165, 1.54) is 4.90 Å². The Morgan fingerprint density at radius 2 is 2.12 bits per heavy atom. The van der Waals surface area contributed by atoms with Crippen molar-refractivity contribution in [2.75, 3.05) is 0 Å². The Hall–Kier alpha value is -2.94. The zero-order valence-corrected chi connectivity index (χ0v) is 13.0. The summed E-state index contributed by atoms with van der Waals surface area (Å²) in [7, 11) is 0. The van der Waals surface area contributed by atoms with E-state index in [4.69, 9.17) is 0 Å². The van der Waals surface area contributed by atoms with E-state index < -0.39 is 11.9 Å². The van der Waals surface area contributed by atoms with Gasteiger partial charge in [-0.05, 0) is 24.1 Å². The highest BCUT2D eigenvalue weighted by Gasteiger charge is 2.39. The van der Waals surface area contributed by atoms with Crippen LogP contribution >= 0.6 is 0 Å². The van der Waals surface area contributed by atoms with E-state index in [0.717, 1.165) is 17.4 Å². The molecule has 2 aliphatic rings. The number of carbonyl (C=O) groups is 4. The molecule has 0 spiro atoms. The summed E-state index contributed by atoms with van der Waals surface area (Å²) in [6, 6.07) is 4.68. The van der Waals surface area contributed by atoms with Crippen molar-refractivity contribution in [3.05, 3.63) is 34.9 Å². The van der Waals surface area contributed by atoms with E-state index in [1.807, 2.05) is 6.07 Å². The molecule has 1 aromatic carbocycles. The molecular formula is C18H16N2O4. The van der Waals surface area contributed by atoms with E-state index >= 15 is 0 Å². The molecule has 0 radical (unpaired) electrons. The largest absolute Gasteiger partial charge is 0.322 e. The highest BCUT2D eigenvalue weighted by molar-refractivity contribution is 6.05. The Labute approximate surface area is 139 Å². The molecule has 3 amide bonds. The number of benzene rings is 1. The maximum absolute atomic E-state index is 12.6. The van der Waals surface area contributed by atoms with Gasteiger partial charge in [0.05, 0.1) is 0 Å². The van der Waals surface area contributed by atoms with E-state index in [-0.39, 0.29) is 18.2 Å². The topological polar surface area (TPSA) is 83.6 Å². The Kier molecular flexibility index (Phi) is 4.43. The summed E-state index contributed by atoms with van der Waals surface area (Å²) in [5.74, 6) is 4.98. The lowest BCUT2D eigenvalue weighted by Crippen LogP contribution is -2.52. The summed E-state index contributed by atoms with van der Waals surface area (Å²) in [4.78, 5) is 47.8. The third kappa shape index (κ3) is 2.93. The van der Waals surface area contributed by atoms with Crippen molar-refractivity contribution in [3.8, 4) is 11.8 Å². The van der Waals surface area contributed by atoms with Gasteiger partial charge in [-0.3, -0.25) is 19.7 Å². The van der Waals surface area contributed by atoms with Crippen molar-refractivity contribution in [3.63, 3.8) is 0 Å². The lowest BCUT2D eigenvalue weighted by Gasteiger charge is -2.29. The summed E-state index contributed by atoms with van der Waals surface area (Å²) < 4.78 is 0. The SMILES string of the molecule is O=CCCC#Cc1cccc2c1CN(C1CCC(=O)NC1=O)C2=O. The molecule has 2 aliphatic heterocycles. The molecule has 24 heavy (non-hydrogen) atoms. The highest BCUT2D eigenvalue weighted by atomic mass is 16.2. The predicted molar refractivity (Wildman–Crippen MR) is 84.7 cm³/mol. The van der Waals surface area contributed by atoms with Gasteiger partial charge < -0.3 is 9.69 Å². The number of nitrogens with one attached hydrogen (secondary N) is 1. The van der Waals surface area contributed by atoms with Gasteiger partial charge in [0.15, 0.2) is 0 Å². The third-order valence-electron chi connectivity index (χ3n) is 4.19. The zero-order chi connectivity index (χ0) is 17.1. The summed E-state index contributed by atoms with van der Waals surface area (Å²) in [5.41, 5.74) is 2.08. The number of fused-ring (bicyclic) bond motifs is 1. The van der Waals surface area contributed by atoms with Gasteiger partial charge in [0, 0.05) is 36.9 Å². The van der Waals surface area contributed by atoms with Crippen LogP contribution in [0.3, 0.4) is 0 Å². The second kappa shape index (κ2) is 6.67. The van der Waals surface area contributed by atoms with Crippen LogP contribution in [0.4, 0.5) is 0 Å². The fourth-order valence-electron chi connectivity index (χ4n) is 2.99. The minimum atomic E-state index is -0.626. The molecule has 6 nitrogen and oxygen atoms in total. The molecule has 0 saturated carbocycles. The molecule has 1 fully saturated rings. The molecule has 0 bridgehead atoms. The van der Waals surface area contributed by atoms with Gasteiger partial charge in [-0.15, -0.1) is 0 Å². The molecule has 2 heterocycles. The summed E-state index contributed by atoms with van der Waals surface area (Å²) >= 11 is 0. The Bertz CT molecular complexity index is 788. The van der Waals surface area contributed by atoms with Crippen LogP contribution in [0.1, 0.15) is 47.2 Å². The van der Waals surface area contributed by atoms with Crippen LogP contribution in [0.2, 0.25) is 0 Å². The molecule has 6 heteroatoms. The number of piperidine rings is 1. The number of hydrogen-bond donors (Lipinski definition) is 1. The molecule has 1 N–H and O–H groups in total. The van der Waals surface area contributed by atoms with Crippen LogP contribution in [-0.2, 0) is 20.9 Å². The van der Waals surface area contributed by atoms with Crippen LogP contribution in [0.15, 0.2) is 18.2 Å². The van der Waals surface area contributed by atoms with E-state index in [9.17, 15) is 19.2 Å². The molecule has 1 unspecified atom stereocenters. The Morgan fingerprint density at radius 1 is 1.29 bits per heavy atom. The smallest absolute Gasteiger partial charge is 0.255 e. The van der Waals surface area contributed by atoms with Crippen molar-refractivity contribution >= 4 is 24.0 Å². The van der Waals surface area contributed by atoms with Crippen molar-refractivity contribution in [2.45, 2.75) is 38.3 Å². The van der Waals surface area contributed by atoms with Crippen molar-refractivity contribution in [2.24, 2.45) is 0 Å². The molecule has 1 atom stereocenters. The maximum atomic E-state index is 12.6. The first-order valence-corrected chi connectivity index (χ1v) is 7.81. The minimum absolute atomic E-state index is 0.212. The molecule has 1 saturated heterocycles. The van der Waals surface area contributed by atoms with Crippen molar-refractivity contribution in [1.29, 1.82) is 0 Å². The predicted octanol–water partition coefficient (Wildman–Crippen LogP) is 0.778. The van der Waals surface area contributed by atoms with E-state index in [1.54, 1.807) is 12.1 Å². The minimum Gasteiger partial charge on any atom is -0.322 e. The Morgan fingerprint density at radius 3 is 2.88 bits per heavy atom. The zero-order valence-electron chi connectivity index (χ0n) is 13.0. The fraction of sp³-hybridized carbons (Fsp3) is 0.333. The number of amides is 3. The molecule has 1 aromatic rings. The molecule has 3 rings (SSSR count). The first-order valence-electron chi connectivity index (χ1n) is 7.81. The average Bonchev–Trinajstić information content (AvgIpc) is 2.89.